The van der Waals surface area contributed by atoms with Crippen molar-refractivity contribution in [3.63, 3.8) is 0 Å². The standard InChI is InChI=1S/C23H19ClN2O3S2/c1-29-12-11-26-22(28)20-17(16-9-5-6-10-18(16)24)13-30-21(20)25-23(26)31-14-19(27)15-7-3-2-4-8-15/h2-10,13H,11-12,14H2,1H3. The third-order valence-corrected chi connectivity index (χ3v) is 6.95. The molecule has 5 nitrogen and oxygen atoms in total. The fourth-order valence-electron chi connectivity index (χ4n) is 3.21. The number of hydrogen-bond acceptors (Lipinski definition) is 6. The van der Waals surface area contributed by atoms with Gasteiger partial charge in [0.25, 0.3) is 5.56 Å². The number of thiophene rings is 1. The third-order valence-electron chi connectivity index (χ3n) is 4.77. The van der Waals surface area contributed by atoms with Gasteiger partial charge in [-0.2, -0.15) is 0 Å². The first-order chi connectivity index (χ1) is 15.1. The Bertz CT molecular complexity index is 1290. The first kappa shape index (κ1) is 21.8. The van der Waals surface area contributed by atoms with E-state index in [1.165, 1.54) is 23.1 Å². The number of halogens is 1. The molecule has 0 fully saturated rings. The molecule has 0 atom stereocenters. The van der Waals surface area contributed by atoms with E-state index in [4.69, 9.17) is 21.3 Å². The summed E-state index contributed by atoms with van der Waals surface area (Å²) in [5.74, 6) is 0.179. The fourth-order valence-corrected chi connectivity index (χ4v) is 5.35. The number of ether oxygens (including phenoxy) is 1. The maximum Gasteiger partial charge on any atom is 0.263 e. The molecule has 4 aromatic rings. The normalized spacial score (nSPS) is 11.2. The summed E-state index contributed by atoms with van der Waals surface area (Å²) in [6, 6.07) is 16.5. The zero-order valence-corrected chi connectivity index (χ0v) is 19.1. The number of methoxy groups -OCH3 is 1. The predicted octanol–water partition coefficient (Wildman–Crippen LogP) is 5.40. The van der Waals surface area contributed by atoms with Crippen molar-refractivity contribution in [1.29, 1.82) is 0 Å². The van der Waals surface area contributed by atoms with Crippen LogP contribution < -0.4 is 5.56 Å². The van der Waals surface area contributed by atoms with E-state index in [1.54, 1.807) is 29.9 Å². The summed E-state index contributed by atoms with van der Waals surface area (Å²) in [5, 5.41) is 3.53. The van der Waals surface area contributed by atoms with Crippen LogP contribution in [-0.4, -0.2) is 34.8 Å². The van der Waals surface area contributed by atoms with E-state index in [-0.39, 0.29) is 17.1 Å². The van der Waals surface area contributed by atoms with Crippen LogP contribution in [0.2, 0.25) is 5.02 Å². The summed E-state index contributed by atoms with van der Waals surface area (Å²) >= 11 is 9.04. The minimum atomic E-state index is -0.159. The molecule has 158 valence electrons. The summed E-state index contributed by atoms with van der Waals surface area (Å²) in [4.78, 5) is 31.4. The van der Waals surface area contributed by atoms with Gasteiger partial charge < -0.3 is 4.74 Å². The Kier molecular flexibility index (Phi) is 6.87. The highest BCUT2D eigenvalue weighted by molar-refractivity contribution is 7.99. The van der Waals surface area contributed by atoms with Crippen molar-refractivity contribution < 1.29 is 9.53 Å². The smallest absolute Gasteiger partial charge is 0.263 e. The highest BCUT2D eigenvalue weighted by Gasteiger charge is 2.19. The average molecular weight is 471 g/mol. The lowest BCUT2D eigenvalue weighted by Crippen LogP contribution is -2.25. The molecule has 31 heavy (non-hydrogen) atoms. The number of fused-ring (bicyclic) bond motifs is 1. The van der Waals surface area contributed by atoms with Crippen LogP contribution in [0.5, 0.6) is 0 Å². The van der Waals surface area contributed by atoms with Crippen molar-refractivity contribution in [2.24, 2.45) is 0 Å². The number of aromatic nitrogens is 2. The van der Waals surface area contributed by atoms with Gasteiger partial charge in [-0.3, -0.25) is 14.2 Å². The molecule has 0 radical (unpaired) electrons. The van der Waals surface area contributed by atoms with Gasteiger partial charge in [-0.05, 0) is 6.07 Å². The molecule has 0 amide bonds. The molecule has 2 aromatic heterocycles. The van der Waals surface area contributed by atoms with Crippen LogP contribution in [0, 0.1) is 0 Å². The highest BCUT2D eigenvalue weighted by Crippen LogP contribution is 2.35. The van der Waals surface area contributed by atoms with Gasteiger partial charge in [-0.15, -0.1) is 11.3 Å². The number of ketones is 1. The van der Waals surface area contributed by atoms with Gasteiger partial charge in [0.1, 0.15) is 4.83 Å². The summed E-state index contributed by atoms with van der Waals surface area (Å²) in [6.45, 7) is 0.705. The van der Waals surface area contributed by atoms with Gasteiger partial charge in [0.15, 0.2) is 10.9 Å². The van der Waals surface area contributed by atoms with Crippen LogP contribution in [0.15, 0.2) is 69.9 Å². The van der Waals surface area contributed by atoms with E-state index >= 15 is 0 Å². The summed E-state index contributed by atoms with van der Waals surface area (Å²) < 4.78 is 6.78. The van der Waals surface area contributed by atoms with Gasteiger partial charge in [0.2, 0.25) is 0 Å². The maximum absolute atomic E-state index is 13.5. The minimum absolute atomic E-state index is 0.0128. The van der Waals surface area contributed by atoms with Crippen LogP contribution in [0.1, 0.15) is 10.4 Å². The molecule has 0 bridgehead atoms. The second-order valence-electron chi connectivity index (χ2n) is 6.73. The first-order valence-corrected chi connectivity index (χ1v) is 11.8. The van der Waals surface area contributed by atoms with Crippen molar-refractivity contribution in [3.05, 3.63) is 80.9 Å². The number of hydrogen-bond donors (Lipinski definition) is 0. The van der Waals surface area contributed by atoms with Crippen LogP contribution in [0.3, 0.4) is 0 Å². The zero-order valence-electron chi connectivity index (χ0n) is 16.7. The lowest BCUT2D eigenvalue weighted by molar-refractivity contribution is 0.102. The molecule has 0 spiro atoms. The Morgan fingerprint density at radius 2 is 1.87 bits per heavy atom. The van der Waals surface area contributed by atoms with E-state index in [0.29, 0.717) is 39.1 Å². The lowest BCUT2D eigenvalue weighted by atomic mass is 10.1. The zero-order chi connectivity index (χ0) is 21.8. The predicted molar refractivity (Wildman–Crippen MR) is 128 cm³/mol. The molecule has 0 aliphatic heterocycles. The Morgan fingerprint density at radius 3 is 2.61 bits per heavy atom. The Labute approximate surface area is 192 Å². The number of carbonyl (C=O) groups is 1. The quantitative estimate of drug-likeness (QED) is 0.196. The van der Waals surface area contributed by atoms with Crippen LogP contribution in [0.25, 0.3) is 21.3 Å². The van der Waals surface area contributed by atoms with Crippen LogP contribution in [0.4, 0.5) is 0 Å². The van der Waals surface area contributed by atoms with Gasteiger partial charge in [0, 0.05) is 34.2 Å². The first-order valence-electron chi connectivity index (χ1n) is 9.57. The number of benzene rings is 2. The Balaban J connectivity index is 1.74. The highest BCUT2D eigenvalue weighted by atomic mass is 35.5. The van der Waals surface area contributed by atoms with Gasteiger partial charge >= 0.3 is 0 Å². The summed E-state index contributed by atoms with van der Waals surface area (Å²) in [7, 11) is 1.59. The van der Waals surface area contributed by atoms with Gasteiger partial charge in [-0.1, -0.05) is 71.9 Å². The number of thioether (sulfide) groups is 1. The lowest BCUT2D eigenvalue weighted by Gasteiger charge is -2.12. The van der Waals surface area contributed by atoms with Crippen molar-refractivity contribution in [1.82, 2.24) is 9.55 Å². The molecule has 2 aromatic carbocycles. The monoisotopic (exact) mass is 470 g/mol. The summed E-state index contributed by atoms with van der Waals surface area (Å²) in [5.41, 5.74) is 2.05. The van der Waals surface area contributed by atoms with Crippen molar-refractivity contribution in [3.8, 4) is 11.1 Å². The number of nitrogens with zero attached hydrogens (tertiary/aromatic N) is 2. The molecular formula is C23H19ClN2O3S2. The van der Waals surface area contributed by atoms with Crippen LogP contribution in [-0.2, 0) is 11.3 Å². The molecule has 8 heteroatoms. The number of Topliss-reactive ketones (excluding diaryl/α,β-unsaturated/α-hetero) is 1. The molecule has 2 heterocycles. The van der Waals surface area contributed by atoms with E-state index in [0.717, 1.165) is 11.1 Å². The van der Waals surface area contributed by atoms with Crippen molar-refractivity contribution in [2.45, 2.75) is 11.7 Å². The maximum atomic E-state index is 13.5. The second kappa shape index (κ2) is 9.78. The second-order valence-corrected chi connectivity index (χ2v) is 8.94. The SMILES string of the molecule is COCCn1c(SCC(=O)c2ccccc2)nc2scc(-c3ccccc3Cl)c2c1=O. The number of carbonyl (C=O) groups excluding carboxylic acids is 1. The third kappa shape index (κ3) is 4.60. The van der Waals surface area contributed by atoms with Gasteiger partial charge in [-0.25, -0.2) is 4.98 Å². The van der Waals surface area contributed by atoms with E-state index in [1.807, 2.05) is 41.8 Å². The Hall–Kier alpha value is -2.45. The summed E-state index contributed by atoms with van der Waals surface area (Å²) in [6.07, 6.45) is 0. The van der Waals surface area contributed by atoms with E-state index < -0.39 is 0 Å². The average Bonchev–Trinajstić information content (AvgIpc) is 3.22. The molecule has 0 unspecified atom stereocenters. The number of rotatable bonds is 8. The minimum Gasteiger partial charge on any atom is -0.383 e. The van der Waals surface area contributed by atoms with Crippen LogP contribution >= 0.6 is 34.7 Å². The molecular weight excluding hydrogens is 452 g/mol. The molecule has 0 aliphatic rings. The van der Waals surface area contributed by atoms with E-state index in [2.05, 4.69) is 0 Å². The molecule has 4 rings (SSSR count). The van der Waals surface area contributed by atoms with Crippen molar-refractivity contribution >= 4 is 50.7 Å². The Morgan fingerprint density at radius 1 is 1.13 bits per heavy atom. The fraction of sp³-hybridized carbons (Fsp3) is 0.174. The molecule has 0 N–H and O–H groups in total. The molecule has 0 saturated heterocycles. The van der Waals surface area contributed by atoms with Gasteiger partial charge in [0.05, 0.1) is 24.3 Å². The molecule has 0 saturated carbocycles. The molecule has 0 aliphatic carbocycles. The van der Waals surface area contributed by atoms with Crippen molar-refractivity contribution in [2.75, 3.05) is 19.5 Å². The van der Waals surface area contributed by atoms with E-state index in [9.17, 15) is 9.59 Å². The topological polar surface area (TPSA) is 61.2 Å². The largest absolute Gasteiger partial charge is 0.383 e.